The molecule has 0 aliphatic carbocycles. The number of carbonyl (C=O) groups is 1. The molecule has 1 atom stereocenters. The second-order valence-corrected chi connectivity index (χ2v) is 4.73. The zero-order chi connectivity index (χ0) is 13.8. The van der Waals surface area contributed by atoms with Gasteiger partial charge in [0.05, 0.1) is 18.0 Å². The van der Waals surface area contributed by atoms with E-state index in [4.69, 9.17) is 9.84 Å². The zero-order valence-corrected chi connectivity index (χ0v) is 11.5. The number of carboxylic acids is 1. The van der Waals surface area contributed by atoms with Crippen LogP contribution in [0.15, 0.2) is 6.07 Å². The highest BCUT2D eigenvalue weighted by molar-refractivity contribution is 5.72. The summed E-state index contributed by atoms with van der Waals surface area (Å²) in [7, 11) is 0. The van der Waals surface area contributed by atoms with Gasteiger partial charge in [0.1, 0.15) is 0 Å². The van der Waals surface area contributed by atoms with Crippen molar-refractivity contribution in [1.82, 2.24) is 14.7 Å². The van der Waals surface area contributed by atoms with E-state index >= 15 is 0 Å². The smallest absolute Gasteiger partial charge is 0.334 e. The highest BCUT2D eigenvalue weighted by Gasteiger charge is 2.26. The SMILES string of the molecule is CCc1cc(CN2CCOC(C(=O)O)C2)n(CC)n1. The molecule has 106 valence electrons. The Hall–Kier alpha value is -1.40. The number of hydrogen-bond acceptors (Lipinski definition) is 4. The van der Waals surface area contributed by atoms with E-state index in [9.17, 15) is 4.79 Å². The third-order valence-electron chi connectivity index (χ3n) is 3.39. The topological polar surface area (TPSA) is 67.6 Å². The van der Waals surface area contributed by atoms with Gasteiger partial charge in [-0.25, -0.2) is 4.79 Å². The van der Waals surface area contributed by atoms with E-state index in [-0.39, 0.29) is 0 Å². The van der Waals surface area contributed by atoms with Gasteiger partial charge in [-0.1, -0.05) is 6.92 Å². The van der Waals surface area contributed by atoms with Crippen LogP contribution < -0.4 is 0 Å². The standard InChI is InChI=1S/C13H21N3O3/c1-3-10-7-11(16(4-2)14-10)8-15-5-6-19-12(9-15)13(17)18/h7,12H,3-6,8-9H2,1-2H3,(H,17,18). The summed E-state index contributed by atoms with van der Waals surface area (Å²) < 4.78 is 7.22. The van der Waals surface area contributed by atoms with E-state index in [0.29, 0.717) is 13.2 Å². The van der Waals surface area contributed by atoms with Crippen molar-refractivity contribution in [1.29, 1.82) is 0 Å². The minimum Gasteiger partial charge on any atom is -0.479 e. The van der Waals surface area contributed by atoms with Gasteiger partial charge >= 0.3 is 5.97 Å². The second-order valence-electron chi connectivity index (χ2n) is 4.73. The summed E-state index contributed by atoms with van der Waals surface area (Å²) in [6.45, 7) is 7.39. The lowest BCUT2D eigenvalue weighted by atomic mass is 10.2. The van der Waals surface area contributed by atoms with Crippen LogP contribution in [0.4, 0.5) is 0 Å². The van der Waals surface area contributed by atoms with Crippen molar-refractivity contribution in [2.75, 3.05) is 19.7 Å². The van der Waals surface area contributed by atoms with Crippen molar-refractivity contribution in [3.05, 3.63) is 17.5 Å². The van der Waals surface area contributed by atoms with Crippen molar-refractivity contribution in [2.45, 2.75) is 39.5 Å². The van der Waals surface area contributed by atoms with Crippen LogP contribution >= 0.6 is 0 Å². The maximum Gasteiger partial charge on any atom is 0.334 e. The van der Waals surface area contributed by atoms with Crippen LogP contribution in [0.2, 0.25) is 0 Å². The van der Waals surface area contributed by atoms with E-state index in [1.807, 2.05) is 4.68 Å². The predicted octanol–water partition coefficient (Wildman–Crippen LogP) is 0.751. The van der Waals surface area contributed by atoms with Gasteiger partial charge in [-0.15, -0.1) is 0 Å². The Morgan fingerprint density at radius 1 is 1.58 bits per heavy atom. The number of morpholine rings is 1. The van der Waals surface area contributed by atoms with Gasteiger partial charge in [-0.05, 0) is 19.4 Å². The number of ether oxygens (including phenoxy) is 1. The third-order valence-corrected chi connectivity index (χ3v) is 3.39. The van der Waals surface area contributed by atoms with E-state index in [1.165, 1.54) is 0 Å². The van der Waals surface area contributed by atoms with Gasteiger partial charge in [0.15, 0.2) is 6.10 Å². The van der Waals surface area contributed by atoms with Crippen molar-refractivity contribution in [2.24, 2.45) is 0 Å². The zero-order valence-electron chi connectivity index (χ0n) is 11.5. The molecule has 6 heteroatoms. The summed E-state index contributed by atoms with van der Waals surface area (Å²) in [5.74, 6) is -0.886. The molecule has 1 fully saturated rings. The molecule has 1 unspecified atom stereocenters. The quantitative estimate of drug-likeness (QED) is 0.852. The minimum absolute atomic E-state index is 0.436. The van der Waals surface area contributed by atoms with E-state index in [1.54, 1.807) is 0 Å². The Morgan fingerprint density at radius 3 is 3.00 bits per heavy atom. The van der Waals surface area contributed by atoms with Crippen LogP contribution in [0.25, 0.3) is 0 Å². The second kappa shape index (κ2) is 6.16. The normalized spacial score (nSPS) is 20.6. The first-order valence-electron chi connectivity index (χ1n) is 6.76. The predicted molar refractivity (Wildman–Crippen MR) is 69.9 cm³/mol. The van der Waals surface area contributed by atoms with Gasteiger partial charge in [0.2, 0.25) is 0 Å². The molecule has 0 radical (unpaired) electrons. The molecular weight excluding hydrogens is 246 g/mol. The Kier molecular flexibility index (Phi) is 4.55. The average Bonchev–Trinajstić information content (AvgIpc) is 2.81. The van der Waals surface area contributed by atoms with Crippen LogP contribution in [0.5, 0.6) is 0 Å². The molecule has 6 nitrogen and oxygen atoms in total. The molecular formula is C13H21N3O3. The summed E-state index contributed by atoms with van der Waals surface area (Å²) in [6, 6.07) is 2.11. The molecule has 19 heavy (non-hydrogen) atoms. The Bertz CT molecular complexity index is 444. The molecule has 1 aromatic heterocycles. The molecule has 1 aliphatic heterocycles. The van der Waals surface area contributed by atoms with Crippen LogP contribution in [0.3, 0.4) is 0 Å². The molecule has 1 saturated heterocycles. The molecule has 0 amide bonds. The molecule has 2 rings (SSSR count). The summed E-state index contributed by atoms with van der Waals surface area (Å²) in [5, 5.41) is 13.5. The Balaban J connectivity index is 2.03. The number of rotatable bonds is 5. The Labute approximate surface area is 113 Å². The summed E-state index contributed by atoms with van der Waals surface area (Å²) >= 11 is 0. The van der Waals surface area contributed by atoms with Crippen LogP contribution in [0, 0.1) is 0 Å². The molecule has 1 aliphatic rings. The first-order valence-corrected chi connectivity index (χ1v) is 6.76. The Morgan fingerprint density at radius 2 is 2.37 bits per heavy atom. The van der Waals surface area contributed by atoms with Gasteiger partial charge in [0.25, 0.3) is 0 Å². The first-order chi connectivity index (χ1) is 9.13. The third kappa shape index (κ3) is 3.33. The van der Waals surface area contributed by atoms with Crippen LogP contribution in [0.1, 0.15) is 25.2 Å². The summed E-state index contributed by atoms with van der Waals surface area (Å²) in [4.78, 5) is 13.1. The van der Waals surface area contributed by atoms with Gasteiger partial charge in [0, 0.05) is 26.2 Å². The molecule has 1 aromatic rings. The molecule has 0 saturated carbocycles. The molecule has 0 aromatic carbocycles. The molecule has 0 bridgehead atoms. The van der Waals surface area contributed by atoms with E-state index in [0.717, 1.165) is 37.4 Å². The number of aliphatic carboxylic acids is 1. The molecule has 1 N–H and O–H groups in total. The minimum atomic E-state index is -0.886. The van der Waals surface area contributed by atoms with Gasteiger partial charge in [-0.2, -0.15) is 5.10 Å². The van der Waals surface area contributed by atoms with Crippen molar-refractivity contribution in [3.63, 3.8) is 0 Å². The highest BCUT2D eigenvalue weighted by atomic mass is 16.5. The van der Waals surface area contributed by atoms with Gasteiger partial charge in [-0.3, -0.25) is 9.58 Å². The number of hydrogen-bond donors (Lipinski definition) is 1. The summed E-state index contributed by atoms with van der Waals surface area (Å²) in [5.41, 5.74) is 2.23. The largest absolute Gasteiger partial charge is 0.479 e. The fourth-order valence-corrected chi connectivity index (χ4v) is 2.31. The lowest BCUT2D eigenvalue weighted by Gasteiger charge is -2.30. The van der Waals surface area contributed by atoms with Crippen LogP contribution in [-0.2, 0) is 29.0 Å². The first kappa shape index (κ1) is 14.0. The van der Waals surface area contributed by atoms with Crippen molar-refractivity contribution in [3.8, 4) is 0 Å². The van der Waals surface area contributed by atoms with Crippen molar-refractivity contribution < 1.29 is 14.6 Å². The fourth-order valence-electron chi connectivity index (χ4n) is 2.31. The number of aromatic nitrogens is 2. The maximum absolute atomic E-state index is 11.0. The lowest BCUT2D eigenvalue weighted by molar-refractivity contribution is -0.156. The average molecular weight is 267 g/mol. The van der Waals surface area contributed by atoms with Gasteiger partial charge < -0.3 is 9.84 Å². The number of nitrogens with zero attached hydrogens (tertiary/aromatic N) is 3. The molecule has 0 spiro atoms. The van der Waals surface area contributed by atoms with E-state index in [2.05, 4.69) is 29.9 Å². The monoisotopic (exact) mass is 267 g/mol. The van der Waals surface area contributed by atoms with Crippen molar-refractivity contribution >= 4 is 5.97 Å². The highest BCUT2D eigenvalue weighted by Crippen LogP contribution is 2.12. The number of aryl methyl sites for hydroxylation is 2. The van der Waals surface area contributed by atoms with Crippen LogP contribution in [-0.4, -0.2) is 51.6 Å². The fraction of sp³-hybridized carbons (Fsp3) is 0.692. The lowest BCUT2D eigenvalue weighted by Crippen LogP contribution is -2.45. The maximum atomic E-state index is 11.0. The number of carboxylic acid groups (broad SMARTS) is 1. The summed E-state index contributed by atoms with van der Waals surface area (Å²) in [6.07, 6.45) is 0.207. The molecule has 2 heterocycles. The van der Waals surface area contributed by atoms with E-state index < -0.39 is 12.1 Å².